The van der Waals surface area contributed by atoms with Crippen LogP contribution in [0.2, 0.25) is 0 Å². The standard InChI is InChI=1S/C10H15N3O/c1-10(14,6-13-9-2-3-9)8-4-11-7-12-5-8/h4-5,7,9,13-14H,2-3,6H2,1H3. The molecule has 1 aromatic heterocycles. The molecule has 0 amide bonds. The molecule has 2 rings (SSSR count). The van der Waals surface area contributed by atoms with Gasteiger partial charge >= 0.3 is 0 Å². The second-order valence-electron chi connectivity index (χ2n) is 4.06. The molecule has 0 bridgehead atoms. The number of nitrogens with zero attached hydrogens (tertiary/aromatic N) is 2. The van der Waals surface area contributed by atoms with Crippen molar-refractivity contribution in [3.8, 4) is 0 Å². The first-order valence-corrected chi connectivity index (χ1v) is 4.90. The van der Waals surface area contributed by atoms with Gasteiger partial charge in [0.2, 0.25) is 0 Å². The molecule has 1 heterocycles. The topological polar surface area (TPSA) is 58.0 Å². The molecular formula is C10H15N3O. The monoisotopic (exact) mass is 193 g/mol. The minimum absolute atomic E-state index is 0.561. The SMILES string of the molecule is CC(O)(CNC1CC1)c1cncnc1. The lowest BCUT2D eigenvalue weighted by molar-refractivity contribution is 0.0558. The van der Waals surface area contributed by atoms with Crippen LogP contribution in [0.15, 0.2) is 18.7 Å². The Balaban J connectivity index is 1.99. The second-order valence-corrected chi connectivity index (χ2v) is 4.06. The lowest BCUT2D eigenvalue weighted by Gasteiger charge is -2.23. The summed E-state index contributed by atoms with van der Waals surface area (Å²) in [5.41, 5.74) is -0.114. The predicted octanol–water partition coefficient (Wildman–Crippen LogP) is 0.436. The van der Waals surface area contributed by atoms with Crippen molar-refractivity contribution in [2.24, 2.45) is 0 Å². The van der Waals surface area contributed by atoms with Gasteiger partial charge < -0.3 is 10.4 Å². The zero-order valence-electron chi connectivity index (χ0n) is 8.27. The Labute approximate surface area is 83.4 Å². The van der Waals surface area contributed by atoms with Gasteiger partial charge in [0.15, 0.2) is 0 Å². The zero-order valence-corrected chi connectivity index (χ0v) is 8.27. The molecule has 0 aromatic carbocycles. The minimum atomic E-state index is -0.871. The van der Waals surface area contributed by atoms with Crippen LogP contribution in [0.4, 0.5) is 0 Å². The zero-order chi connectivity index (χ0) is 10.0. The van der Waals surface area contributed by atoms with Crippen molar-refractivity contribution in [1.29, 1.82) is 0 Å². The summed E-state index contributed by atoms with van der Waals surface area (Å²) >= 11 is 0. The van der Waals surface area contributed by atoms with Gasteiger partial charge in [0.05, 0.1) is 0 Å². The van der Waals surface area contributed by atoms with Crippen LogP contribution in [0, 0.1) is 0 Å². The molecule has 1 unspecified atom stereocenters. The summed E-state index contributed by atoms with van der Waals surface area (Å²) < 4.78 is 0. The van der Waals surface area contributed by atoms with Crippen molar-refractivity contribution in [3.63, 3.8) is 0 Å². The Morgan fingerprint density at radius 3 is 2.71 bits per heavy atom. The Morgan fingerprint density at radius 1 is 1.50 bits per heavy atom. The van der Waals surface area contributed by atoms with Crippen LogP contribution in [0.5, 0.6) is 0 Å². The van der Waals surface area contributed by atoms with Gasteiger partial charge in [-0.3, -0.25) is 0 Å². The number of nitrogens with one attached hydrogen (secondary N) is 1. The highest BCUT2D eigenvalue weighted by Crippen LogP contribution is 2.22. The quantitative estimate of drug-likeness (QED) is 0.728. The van der Waals surface area contributed by atoms with E-state index in [1.54, 1.807) is 19.3 Å². The lowest BCUT2D eigenvalue weighted by Crippen LogP contribution is -2.36. The Bertz CT molecular complexity index is 295. The van der Waals surface area contributed by atoms with E-state index in [2.05, 4.69) is 15.3 Å². The summed E-state index contributed by atoms with van der Waals surface area (Å²) in [6.45, 7) is 2.34. The van der Waals surface area contributed by atoms with E-state index in [4.69, 9.17) is 0 Å². The summed E-state index contributed by atoms with van der Waals surface area (Å²) in [5, 5.41) is 13.4. The molecular weight excluding hydrogens is 178 g/mol. The molecule has 4 nitrogen and oxygen atoms in total. The fourth-order valence-corrected chi connectivity index (χ4v) is 1.31. The summed E-state index contributed by atoms with van der Waals surface area (Å²) in [6, 6.07) is 0.603. The molecule has 1 saturated carbocycles. The van der Waals surface area contributed by atoms with Crippen molar-refractivity contribution in [2.75, 3.05) is 6.54 Å². The van der Waals surface area contributed by atoms with Crippen LogP contribution in [0.1, 0.15) is 25.3 Å². The first kappa shape index (κ1) is 9.55. The van der Waals surface area contributed by atoms with Gasteiger partial charge in [0.1, 0.15) is 11.9 Å². The van der Waals surface area contributed by atoms with Gasteiger partial charge in [0.25, 0.3) is 0 Å². The van der Waals surface area contributed by atoms with Crippen LogP contribution in [0.3, 0.4) is 0 Å². The minimum Gasteiger partial charge on any atom is -0.384 e. The highest BCUT2D eigenvalue weighted by atomic mass is 16.3. The van der Waals surface area contributed by atoms with Crippen LogP contribution < -0.4 is 5.32 Å². The van der Waals surface area contributed by atoms with Gasteiger partial charge in [-0.25, -0.2) is 9.97 Å². The number of aromatic nitrogens is 2. The van der Waals surface area contributed by atoms with Crippen molar-refractivity contribution >= 4 is 0 Å². The second kappa shape index (κ2) is 3.63. The maximum absolute atomic E-state index is 10.1. The van der Waals surface area contributed by atoms with Gasteiger partial charge in [-0.2, -0.15) is 0 Å². The summed E-state index contributed by atoms with van der Waals surface area (Å²) in [6.07, 6.45) is 7.22. The van der Waals surface area contributed by atoms with Crippen molar-refractivity contribution < 1.29 is 5.11 Å². The maximum atomic E-state index is 10.1. The third kappa shape index (κ3) is 2.27. The first-order chi connectivity index (χ1) is 6.68. The van der Waals surface area contributed by atoms with Gasteiger partial charge in [-0.15, -0.1) is 0 Å². The normalized spacial score (nSPS) is 20.4. The summed E-state index contributed by atoms with van der Waals surface area (Å²) in [4.78, 5) is 7.79. The molecule has 4 heteroatoms. The number of hydrogen-bond donors (Lipinski definition) is 2. The lowest BCUT2D eigenvalue weighted by atomic mass is 9.99. The molecule has 76 valence electrons. The molecule has 1 aliphatic carbocycles. The molecule has 0 aliphatic heterocycles. The number of rotatable bonds is 4. The molecule has 1 atom stereocenters. The number of hydrogen-bond acceptors (Lipinski definition) is 4. The van der Waals surface area contributed by atoms with E-state index in [9.17, 15) is 5.11 Å². The number of aliphatic hydroxyl groups is 1. The van der Waals surface area contributed by atoms with E-state index in [1.807, 2.05) is 0 Å². The third-order valence-corrected chi connectivity index (χ3v) is 2.49. The van der Waals surface area contributed by atoms with Crippen LogP contribution in [-0.2, 0) is 5.60 Å². The molecule has 1 aliphatic rings. The van der Waals surface area contributed by atoms with E-state index in [-0.39, 0.29) is 0 Å². The highest BCUT2D eigenvalue weighted by Gasteiger charge is 2.28. The molecule has 14 heavy (non-hydrogen) atoms. The fourth-order valence-electron chi connectivity index (χ4n) is 1.31. The molecule has 0 saturated heterocycles. The third-order valence-electron chi connectivity index (χ3n) is 2.49. The smallest absolute Gasteiger partial charge is 0.115 e. The molecule has 0 spiro atoms. The van der Waals surface area contributed by atoms with E-state index in [0.29, 0.717) is 12.6 Å². The molecule has 1 fully saturated rings. The average Bonchev–Trinajstić information content (AvgIpc) is 3.00. The summed E-state index contributed by atoms with van der Waals surface area (Å²) in [7, 11) is 0. The Hall–Kier alpha value is -1.00. The Morgan fingerprint density at radius 2 is 2.14 bits per heavy atom. The molecule has 1 aromatic rings. The maximum Gasteiger partial charge on any atom is 0.115 e. The van der Waals surface area contributed by atoms with Crippen LogP contribution in [0.25, 0.3) is 0 Å². The van der Waals surface area contributed by atoms with Gasteiger partial charge in [-0.1, -0.05) is 0 Å². The highest BCUT2D eigenvalue weighted by molar-refractivity contribution is 5.13. The van der Waals surface area contributed by atoms with Crippen LogP contribution in [-0.4, -0.2) is 27.7 Å². The van der Waals surface area contributed by atoms with Gasteiger partial charge in [-0.05, 0) is 19.8 Å². The van der Waals surface area contributed by atoms with Crippen LogP contribution >= 0.6 is 0 Å². The first-order valence-electron chi connectivity index (χ1n) is 4.90. The van der Waals surface area contributed by atoms with Gasteiger partial charge in [0, 0.05) is 30.5 Å². The van der Waals surface area contributed by atoms with Crippen molar-refractivity contribution in [1.82, 2.24) is 15.3 Å². The fraction of sp³-hybridized carbons (Fsp3) is 0.600. The average molecular weight is 193 g/mol. The van der Waals surface area contributed by atoms with Crippen molar-refractivity contribution in [3.05, 3.63) is 24.3 Å². The van der Waals surface area contributed by atoms with Crippen molar-refractivity contribution in [2.45, 2.75) is 31.4 Å². The predicted molar refractivity (Wildman–Crippen MR) is 52.6 cm³/mol. The van der Waals surface area contributed by atoms with E-state index in [0.717, 1.165) is 5.56 Å². The van der Waals surface area contributed by atoms with E-state index < -0.39 is 5.60 Å². The van der Waals surface area contributed by atoms with E-state index in [1.165, 1.54) is 19.2 Å². The molecule has 2 N–H and O–H groups in total. The van der Waals surface area contributed by atoms with E-state index >= 15 is 0 Å². The molecule has 0 radical (unpaired) electrons. The largest absolute Gasteiger partial charge is 0.384 e. The Kier molecular flexibility index (Phi) is 2.48. The summed E-state index contributed by atoms with van der Waals surface area (Å²) in [5.74, 6) is 0.